The second-order valence-corrected chi connectivity index (χ2v) is 5.21. The van der Waals surface area contributed by atoms with Gasteiger partial charge in [0.05, 0.1) is 5.70 Å². The molecule has 0 aromatic rings. The van der Waals surface area contributed by atoms with Crippen LogP contribution >= 0.6 is 0 Å². The van der Waals surface area contributed by atoms with Crippen molar-refractivity contribution >= 4 is 6.21 Å². The summed E-state index contributed by atoms with van der Waals surface area (Å²) >= 11 is 0. The van der Waals surface area contributed by atoms with E-state index in [0.717, 1.165) is 5.70 Å². The van der Waals surface area contributed by atoms with Crippen LogP contribution in [-0.4, -0.2) is 6.21 Å². The largest absolute Gasteiger partial charge is 0.257 e. The molecule has 0 spiro atoms. The van der Waals surface area contributed by atoms with Crippen molar-refractivity contribution in [2.75, 3.05) is 0 Å². The van der Waals surface area contributed by atoms with Crippen LogP contribution in [-0.2, 0) is 0 Å². The number of hydrogen-bond donors (Lipinski definition) is 0. The second-order valence-electron chi connectivity index (χ2n) is 5.21. The van der Waals surface area contributed by atoms with Crippen LogP contribution in [0.3, 0.4) is 0 Å². The molecule has 0 radical (unpaired) electrons. The zero-order valence-corrected chi connectivity index (χ0v) is 10.7. The van der Waals surface area contributed by atoms with Crippen molar-refractivity contribution in [3.63, 3.8) is 0 Å². The van der Waals surface area contributed by atoms with Crippen molar-refractivity contribution in [3.05, 3.63) is 59.9 Å². The summed E-state index contributed by atoms with van der Waals surface area (Å²) in [5, 5.41) is 0. The number of hydrogen-bond acceptors (Lipinski definition) is 1. The molecule has 0 fully saturated rings. The summed E-state index contributed by atoms with van der Waals surface area (Å²) in [4.78, 5) is 4.52. The molecule has 0 aromatic heterocycles. The zero-order valence-electron chi connectivity index (χ0n) is 10.7. The van der Waals surface area contributed by atoms with E-state index < -0.39 is 0 Å². The van der Waals surface area contributed by atoms with E-state index in [1.165, 1.54) is 5.57 Å². The Balaban J connectivity index is 2.37. The van der Waals surface area contributed by atoms with E-state index in [2.05, 4.69) is 68.3 Å². The maximum absolute atomic E-state index is 4.52. The lowest BCUT2D eigenvalue weighted by atomic mass is 9.90. The highest BCUT2D eigenvalue weighted by Gasteiger charge is 2.15. The normalized spacial score (nSPS) is 26.2. The molecule has 2 aliphatic rings. The first-order valence-corrected chi connectivity index (χ1v) is 6.09. The quantitative estimate of drug-likeness (QED) is 0.633. The summed E-state index contributed by atoms with van der Waals surface area (Å²) < 4.78 is 0. The summed E-state index contributed by atoms with van der Waals surface area (Å²) in [5.41, 5.74) is 2.33. The molecule has 2 rings (SSSR count). The van der Waals surface area contributed by atoms with Crippen molar-refractivity contribution in [1.29, 1.82) is 0 Å². The average molecular weight is 225 g/mol. The van der Waals surface area contributed by atoms with Gasteiger partial charge in [-0.05, 0) is 23.6 Å². The Bertz CT molecular complexity index is 468. The molecule has 0 saturated carbocycles. The highest BCUT2D eigenvalue weighted by molar-refractivity contribution is 5.74. The molecule has 1 nitrogen and oxygen atoms in total. The summed E-state index contributed by atoms with van der Waals surface area (Å²) in [6.07, 6.45) is 19.0. The van der Waals surface area contributed by atoms with Gasteiger partial charge in [0.1, 0.15) is 0 Å². The third-order valence-corrected chi connectivity index (χ3v) is 2.87. The predicted molar refractivity (Wildman–Crippen MR) is 75.0 cm³/mol. The van der Waals surface area contributed by atoms with Gasteiger partial charge in [-0.1, -0.05) is 57.2 Å². The van der Waals surface area contributed by atoms with Crippen molar-refractivity contribution in [2.45, 2.75) is 20.8 Å². The SMILES string of the molecule is CC1C=CC=CC(C2=CC(C)(C)C=CC=N2)=C1. The molecule has 0 bridgehead atoms. The molecule has 1 atom stereocenters. The molecule has 0 saturated heterocycles. The third kappa shape index (κ3) is 3.16. The molecular formula is C16H19N. The smallest absolute Gasteiger partial charge is 0.0667 e. The van der Waals surface area contributed by atoms with Crippen LogP contribution in [0.5, 0.6) is 0 Å². The van der Waals surface area contributed by atoms with Gasteiger partial charge in [0.2, 0.25) is 0 Å². The Morgan fingerprint density at radius 2 is 2.00 bits per heavy atom. The van der Waals surface area contributed by atoms with Gasteiger partial charge in [0.15, 0.2) is 0 Å². The average Bonchev–Trinajstić information content (AvgIpc) is 2.56. The van der Waals surface area contributed by atoms with Crippen LogP contribution in [0.25, 0.3) is 0 Å². The Morgan fingerprint density at radius 1 is 1.18 bits per heavy atom. The lowest BCUT2D eigenvalue weighted by Gasteiger charge is -2.15. The van der Waals surface area contributed by atoms with Crippen LogP contribution in [0.4, 0.5) is 0 Å². The van der Waals surface area contributed by atoms with Gasteiger partial charge in [0.25, 0.3) is 0 Å². The van der Waals surface area contributed by atoms with E-state index in [9.17, 15) is 0 Å². The summed E-state index contributed by atoms with van der Waals surface area (Å²) in [6, 6.07) is 0. The van der Waals surface area contributed by atoms with Gasteiger partial charge in [-0.2, -0.15) is 0 Å². The lowest BCUT2D eigenvalue weighted by Crippen LogP contribution is -2.03. The van der Waals surface area contributed by atoms with Crippen LogP contribution in [0.15, 0.2) is 64.9 Å². The zero-order chi connectivity index (χ0) is 12.3. The summed E-state index contributed by atoms with van der Waals surface area (Å²) in [5.74, 6) is 0.454. The number of aliphatic imine (C=N–C) groups is 1. The topological polar surface area (TPSA) is 12.4 Å². The molecule has 17 heavy (non-hydrogen) atoms. The Morgan fingerprint density at radius 3 is 2.82 bits per heavy atom. The minimum Gasteiger partial charge on any atom is -0.257 e. The van der Waals surface area contributed by atoms with E-state index in [1.807, 2.05) is 12.3 Å². The van der Waals surface area contributed by atoms with Crippen molar-refractivity contribution in [2.24, 2.45) is 16.3 Å². The first-order valence-electron chi connectivity index (χ1n) is 6.09. The molecule has 1 aliphatic carbocycles. The second kappa shape index (κ2) is 4.70. The van der Waals surface area contributed by atoms with Crippen LogP contribution in [0.2, 0.25) is 0 Å². The molecule has 1 unspecified atom stereocenters. The van der Waals surface area contributed by atoms with E-state index in [4.69, 9.17) is 0 Å². The van der Waals surface area contributed by atoms with Gasteiger partial charge < -0.3 is 0 Å². The molecule has 1 heteroatoms. The van der Waals surface area contributed by atoms with Gasteiger partial charge in [-0.25, -0.2) is 0 Å². The molecule has 88 valence electrons. The van der Waals surface area contributed by atoms with Gasteiger partial charge in [0, 0.05) is 11.6 Å². The predicted octanol–water partition coefficient (Wildman–Crippen LogP) is 4.23. The molecule has 0 N–H and O–H groups in total. The molecule has 1 aliphatic heterocycles. The third-order valence-electron chi connectivity index (χ3n) is 2.87. The Labute approximate surface area is 104 Å². The Kier molecular flexibility index (Phi) is 3.28. The highest BCUT2D eigenvalue weighted by atomic mass is 14.7. The first-order chi connectivity index (χ1) is 8.07. The van der Waals surface area contributed by atoms with E-state index in [0.29, 0.717) is 5.92 Å². The lowest BCUT2D eigenvalue weighted by molar-refractivity contribution is 0.623. The molecule has 0 amide bonds. The van der Waals surface area contributed by atoms with Crippen molar-refractivity contribution in [3.8, 4) is 0 Å². The molecular weight excluding hydrogens is 206 g/mol. The van der Waals surface area contributed by atoms with E-state index in [-0.39, 0.29) is 5.41 Å². The summed E-state index contributed by atoms with van der Waals surface area (Å²) in [7, 11) is 0. The minimum atomic E-state index is 0.0590. The van der Waals surface area contributed by atoms with Crippen molar-refractivity contribution in [1.82, 2.24) is 0 Å². The fourth-order valence-electron chi connectivity index (χ4n) is 1.97. The van der Waals surface area contributed by atoms with Crippen LogP contribution in [0.1, 0.15) is 20.8 Å². The van der Waals surface area contributed by atoms with Gasteiger partial charge in [-0.3, -0.25) is 4.99 Å². The maximum Gasteiger partial charge on any atom is 0.0667 e. The summed E-state index contributed by atoms with van der Waals surface area (Å²) in [6.45, 7) is 6.58. The molecule has 0 aromatic carbocycles. The minimum absolute atomic E-state index is 0.0590. The van der Waals surface area contributed by atoms with Crippen LogP contribution < -0.4 is 0 Å². The maximum atomic E-state index is 4.52. The fourth-order valence-corrected chi connectivity index (χ4v) is 1.97. The monoisotopic (exact) mass is 225 g/mol. The van der Waals surface area contributed by atoms with E-state index in [1.54, 1.807) is 0 Å². The number of allylic oxidation sites excluding steroid dienone is 8. The first kappa shape index (κ1) is 11.8. The fraction of sp³-hybridized carbons (Fsp3) is 0.312. The highest BCUT2D eigenvalue weighted by Crippen LogP contribution is 2.28. The number of rotatable bonds is 1. The molecule has 1 heterocycles. The Hall–Kier alpha value is -1.63. The number of nitrogens with zero attached hydrogens (tertiary/aromatic N) is 1. The van der Waals surface area contributed by atoms with Crippen molar-refractivity contribution < 1.29 is 0 Å². The van der Waals surface area contributed by atoms with Gasteiger partial charge in [-0.15, -0.1) is 0 Å². The van der Waals surface area contributed by atoms with Crippen LogP contribution in [0, 0.1) is 11.3 Å². The van der Waals surface area contributed by atoms with Gasteiger partial charge >= 0.3 is 0 Å². The standard InChI is InChI=1S/C16H19N/c1-13-7-4-5-8-14(11-13)15-12-16(2,3)9-6-10-17-15/h4-13H,1-3H3. The van der Waals surface area contributed by atoms with E-state index >= 15 is 0 Å².